The lowest BCUT2D eigenvalue weighted by Gasteiger charge is -2.26. The predicted octanol–water partition coefficient (Wildman–Crippen LogP) is 7.56. The van der Waals surface area contributed by atoms with Gasteiger partial charge in [-0.1, -0.05) is 70.7 Å². The molecule has 0 bridgehead atoms. The third-order valence-corrected chi connectivity index (χ3v) is 5.25. The van der Waals surface area contributed by atoms with Crippen molar-refractivity contribution in [1.29, 1.82) is 0 Å². The fourth-order valence-corrected chi connectivity index (χ4v) is 3.57. The quantitative estimate of drug-likeness (QED) is 0.492. The van der Waals surface area contributed by atoms with Crippen molar-refractivity contribution in [2.24, 2.45) is 11.8 Å². The van der Waals surface area contributed by atoms with Crippen molar-refractivity contribution in [2.45, 2.75) is 59.3 Å². The summed E-state index contributed by atoms with van der Waals surface area (Å²) in [5.74, 6) is -2.03. The van der Waals surface area contributed by atoms with E-state index in [1.54, 1.807) is 0 Å². The molecule has 26 heavy (non-hydrogen) atoms. The molecule has 0 radical (unpaired) electrons. The van der Waals surface area contributed by atoms with Crippen LogP contribution in [0.1, 0.15) is 58.4 Å². The SMILES string of the molecule is CC.CC1CCC(CCc2ccc(-c3cc(F)c(F)c(F)c3)cc2)CC1. The van der Waals surface area contributed by atoms with Gasteiger partial charge in [0.15, 0.2) is 17.5 Å². The van der Waals surface area contributed by atoms with E-state index in [9.17, 15) is 13.2 Å². The van der Waals surface area contributed by atoms with Gasteiger partial charge in [-0.15, -0.1) is 0 Å². The van der Waals surface area contributed by atoms with Crippen molar-refractivity contribution < 1.29 is 13.2 Å². The molecule has 0 saturated heterocycles. The molecule has 3 heteroatoms. The Morgan fingerprint density at radius 1 is 0.808 bits per heavy atom. The van der Waals surface area contributed by atoms with Gasteiger partial charge >= 0.3 is 0 Å². The maximum atomic E-state index is 13.3. The van der Waals surface area contributed by atoms with Gasteiger partial charge in [0.1, 0.15) is 0 Å². The van der Waals surface area contributed by atoms with Gasteiger partial charge < -0.3 is 0 Å². The Hall–Kier alpha value is -1.77. The first kappa shape index (κ1) is 20.5. The highest BCUT2D eigenvalue weighted by molar-refractivity contribution is 5.63. The topological polar surface area (TPSA) is 0 Å². The molecule has 0 aromatic heterocycles. The smallest absolute Gasteiger partial charge is 0.194 e. The van der Waals surface area contributed by atoms with Crippen molar-refractivity contribution in [2.75, 3.05) is 0 Å². The number of benzene rings is 2. The van der Waals surface area contributed by atoms with Gasteiger partial charge in [-0.3, -0.25) is 0 Å². The molecule has 1 saturated carbocycles. The van der Waals surface area contributed by atoms with Crippen LogP contribution in [0, 0.1) is 29.3 Å². The van der Waals surface area contributed by atoms with Crippen LogP contribution in [-0.4, -0.2) is 0 Å². The van der Waals surface area contributed by atoms with Crippen LogP contribution in [-0.2, 0) is 6.42 Å². The molecule has 1 aliphatic rings. The van der Waals surface area contributed by atoms with Crippen molar-refractivity contribution in [1.82, 2.24) is 0 Å². The molecule has 3 rings (SSSR count). The maximum absolute atomic E-state index is 13.3. The number of aryl methyl sites for hydroxylation is 1. The van der Waals surface area contributed by atoms with Crippen LogP contribution in [0.3, 0.4) is 0 Å². The summed E-state index contributed by atoms with van der Waals surface area (Å²) in [7, 11) is 0. The molecule has 0 atom stereocenters. The van der Waals surface area contributed by atoms with Crippen molar-refractivity contribution in [3.63, 3.8) is 0 Å². The van der Waals surface area contributed by atoms with Gasteiger partial charge in [-0.05, 0) is 53.5 Å². The van der Waals surface area contributed by atoms with Crippen LogP contribution >= 0.6 is 0 Å². The lowest BCUT2D eigenvalue weighted by atomic mass is 9.80. The minimum atomic E-state index is -1.42. The molecule has 2 aromatic rings. The Morgan fingerprint density at radius 2 is 1.35 bits per heavy atom. The van der Waals surface area contributed by atoms with E-state index in [1.165, 1.54) is 37.7 Å². The molecule has 142 valence electrons. The van der Waals surface area contributed by atoms with Crippen LogP contribution in [0.15, 0.2) is 36.4 Å². The summed E-state index contributed by atoms with van der Waals surface area (Å²) in [6.07, 6.45) is 7.56. The molecule has 0 unspecified atom stereocenters. The Labute approximate surface area is 155 Å². The lowest BCUT2D eigenvalue weighted by molar-refractivity contribution is 0.278. The summed E-state index contributed by atoms with van der Waals surface area (Å²) in [5.41, 5.74) is 2.29. The monoisotopic (exact) mass is 362 g/mol. The molecule has 0 aliphatic heterocycles. The number of rotatable bonds is 4. The van der Waals surface area contributed by atoms with Crippen LogP contribution in [0.25, 0.3) is 11.1 Å². The average molecular weight is 362 g/mol. The summed E-state index contributed by atoms with van der Waals surface area (Å²) in [4.78, 5) is 0. The molecular weight excluding hydrogens is 333 g/mol. The first-order valence-electron chi connectivity index (χ1n) is 9.77. The van der Waals surface area contributed by atoms with E-state index in [0.717, 1.165) is 30.4 Å². The zero-order valence-electron chi connectivity index (χ0n) is 16.0. The lowest BCUT2D eigenvalue weighted by Crippen LogP contribution is -2.12. The minimum absolute atomic E-state index is 0.360. The van der Waals surface area contributed by atoms with Crippen molar-refractivity contribution in [3.8, 4) is 11.1 Å². The third-order valence-electron chi connectivity index (χ3n) is 5.25. The highest BCUT2D eigenvalue weighted by Crippen LogP contribution is 2.31. The minimum Gasteiger partial charge on any atom is -0.204 e. The summed E-state index contributed by atoms with van der Waals surface area (Å²) in [6, 6.07) is 9.78. The van der Waals surface area contributed by atoms with E-state index in [2.05, 4.69) is 6.92 Å². The van der Waals surface area contributed by atoms with Crippen molar-refractivity contribution in [3.05, 3.63) is 59.4 Å². The summed E-state index contributed by atoms with van der Waals surface area (Å²) < 4.78 is 39.7. The second kappa shape index (κ2) is 9.80. The van der Waals surface area contributed by atoms with Gasteiger partial charge in [0.25, 0.3) is 0 Å². The van der Waals surface area contributed by atoms with E-state index in [1.807, 2.05) is 38.1 Å². The van der Waals surface area contributed by atoms with Crippen molar-refractivity contribution >= 4 is 0 Å². The zero-order chi connectivity index (χ0) is 19.1. The summed E-state index contributed by atoms with van der Waals surface area (Å²) in [6.45, 7) is 6.33. The molecule has 0 amide bonds. The highest BCUT2D eigenvalue weighted by atomic mass is 19.2. The number of hydrogen-bond donors (Lipinski definition) is 0. The fraction of sp³-hybridized carbons (Fsp3) is 0.478. The van der Waals surface area contributed by atoms with Gasteiger partial charge in [-0.25, -0.2) is 13.2 Å². The molecule has 0 nitrogen and oxygen atoms in total. The average Bonchev–Trinajstić information content (AvgIpc) is 2.67. The fourth-order valence-electron chi connectivity index (χ4n) is 3.57. The summed E-state index contributed by atoms with van der Waals surface area (Å²) >= 11 is 0. The van der Waals surface area contributed by atoms with Gasteiger partial charge in [0, 0.05) is 0 Å². The largest absolute Gasteiger partial charge is 0.204 e. The van der Waals surface area contributed by atoms with E-state index >= 15 is 0 Å². The second-order valence-electron chi connectivity index (χ2n) is 7.12. The van der Waals surface area contributed by atoms with E-state index in [0.29, 0.717) is 11.1 Å². The normalized spacial score (nSPS) is 19.6. The third kappa shape index (κ3) is 5.36. The number of halogens is 3. The molecule has 0 spiro atoms. The Balaban J connectivity index is 0.00000117. The molecule has 0 heterocycles. The first-order valence-corrected chi connectivity index (χ1v) is 9.77. The standard InChI is InChI=1S/C21H23F3.C2H6/c1-14-2-4-15(5-3-14)6-7-16-8-10-17(11-9-16)18-12-19(22)21(24)20(23)13-18;1-2/h8-15H,2-7H2,1H3;1-2H3. The predicted molar refractivity (Wildman–Crippen MR) is 103 cm³/mol. The van der Waals surface area contributed by atoms with Gasteiger partial charge in [-0.2, -0.15) is 0 Å². The Bertz CT molecular complexity index is 660. The molecule has 2 aromatic carbocycles. The Kier molecular flexibility index (Phi) is 7.74. The number of hydrogen-bond acceptors (Lipinski definition) is 0. The van der Waals surface area contributed by atoms with Gasteiger partial charge in [0.05, 0.1) is 0 Å². The van der Waals surface area contributed by atoms with E-state index < -0.39 is 17.5 Å². The van der Waals surface area contributed by atoms with Crippen LogP contribution in [0.5, 0.6) is 0 Å². The molecule has 1 fully saturated rings. The second-order valence-corrected chi connectivity index (χ2v) is 7.12. The molecule has 1 aliphatic carbocycles. The van der Waals surface area contributed by atoms with Crippen LogP contribution in [0.4, 0.5) is 13.2 Å². The van der Waals surface area contributed by atoms with Gasteiger partial charge in [0.2, 0.25) is 0 Å². The zero-order valence-corrected chi connectivity index (χ0v) is 16.0. The summed E-state index contributed by atoms with van der Waals surface area (Å²) in [5, 5.41) is 0. The molecular formula is C23H29F3. The van der Waals surface area contributed by atoms with Crippen LogP contribution < -0.4 is 0 Å². The van der Waals surface area contributed by atoms with E-state index in [-0.39, 0.29) is 0 Å². The van der Waals surface area contributed by atoms with E-state index in [4.69, 9.17) is 0 Å². The first-order chi connectivity index (χ1) is 12.5. The molecule has 0 N–H and O–H groups in total. The maximum Gasteiger partial charge on any atom is 0.194 e. The Morgan fingerprint density at radius 3 is 1.88 bits per heavy atom. The van der Waals surface area contributed by atoms with Crippen LogP contribution in [0.2, 0.25) is 0 Å². The highest BCUT2D eigenvalue weighted by Gasteiger charge is 2.18.